The first-order chi connectivity index (χ1) is 12.2. The second-order valence-corrected chi connectivity index (χ2v) is 8.01. The van der Waals surface area contributed by atoms with E-state index in [1.54, 1.807) is 30.3 Å². The Kier molecular flexibility index (Phi) is 6.15. The van der Waals surface area contributed by atoms with Gasteiger partial charge in [0.1, 0.15) is 0 Å². The number of hydrogen-bond acceptors (Lipinski definition) is 4. The number of anilines is 1. The van der Waals surface area contributed by atoms with Crippen molar-refractivity contribution in [1.29, 1.82) is 0 Å². The topological polar surface area (TPSA) is 101 Å². The lowest BCUT2D eigenvalue weighted by atomic mass is 10.0. The third kappa shape index (κ3) is 5.16. The van der Waals surface area contributed by atoms with Crippen LogP contribution in [-0.2, 0) is 27.5 Å². The largest absolute Gasteiger partial charge is 0.481 e. The highest BCUT2D eigenvalue weighted by Crippen LogP contribution is 2.19. The first kappa shape index (κ1) is 19.7. The minimum absolute atomic E-state index is 0.0455. The molecule has 0 radical (unpaired) electrons. The van der Waals surface area contributed by atoms with Gasteiger partial charge in [-0.15, -0.1) is 0 Å². The summed E-state index contributed by atoms with van der Waals surface area (Å²) < 4.78 is 23.5. The number of aliphatic carboxylic acids is 1. The molecule has 2 aromatic carbocycles. The second-order valence-electron chi connectivity index (χ2n) is 5.99. The van der Waals surface area contributed by atoms with E-state index in [-0.39, 0.29) is 17.2 Å². The third-order valence-electron chi connectivity index (χ3n) is 3.97. The van der Waals surface area contributed by atoms with Crippen LogP contribution in [0.3, 0.4) is 0 Å². The summed E-state index contributed by atoms with van der Waals surface area (Å²) in [4.78, 5) is 23.3. The van der Waals surface area contributed by atoms with Crippen LogP contribution in [0.15, 0.2) is 47.4 Å². The van der Waals surface area contributed by atoms with Gasteiger partial charge in [0.2, 0.25) is 0 Å². The van der Waals surface area contributed by atoms with Gasteiger partial charge in [0.05, 0.1) is 4.90 Å². The molecule has 0 saturated carbocycles. The Morgan fingerprint density at radius 3 is 2.27 bits per heavy atom. The van der Waals surface area contributed by atoms with Crippen LogP contribution in [0.2, 0.25) is 0 Å². The number of benzene rings is 2. The van der Waals surface area contributed by atoms with Crippen molar-refractivity contribution in [3.8, 4) is 0 Å². The molecule has 26 heavy (non-hydrogen) atoms. The van der Waals surface area contributed by atoms with E-state index in [0.717, 1.165) is 17.4 Å². The van der Waals surface area contributed by atoms with Gasteiger partial charge < -0.3 is 10.4 Å². The highest BCUT2D eigenvalue weighted by molar-refractivity contribution is 7.90. The zero-order valence-corrected chi connectivity index (χ0v) is 15.5. The van der Waals surface area contributed by atoms with Gasteiger partial charge in [-0.3, -0.25) is 9.59 Å². The molecule has 2 aromatic rings. The number of sulfone groups is 1. The van der Waals surface area contributed by atoms with Gasteiger partial charge >= 0.3 is 5.97 Å². The number of carbonyl (C=O) groups is 2. The second kappa shape index (κ2) is 8.14. The van der Waals surface area contributed by atoms with Crippen LogP contribution in [0, 0.1) is 0 Å². The zero-order chi connectivity index (χ0) is 19.3. The van der Waals surface area contributed by atoms with E-state index in [9.17, 15) is 18.0 Å². The van der Waals surface area contributed by atoms with E-state index >= 15 is 0 Å². The number of amides is 1. The highest BCUT2D eigenvalue weighted by atomic mass is 32.2. The molecular formula is C19H21NO5S. The van der Waals surface area contributed by atoms with E-state index in [4.69, 9.17) is 5.11 Å². The van der Waals surface area contributed by atoms with E-state index in [1.165, 1.54) is 12.1 Å². The minimum Gasteiger partial charge on any atom is -0.481 e. The predicted octanol–water partition coefficient (Wildman–Crippen LogP) is 2.92. The monoisotopic (exact) mass is 375 g/mol. The average molecular weight is 375 g/mol. The molecule has 138 valence electrons. The maximum absolute atomic E-state index is 12.6. The van der Waals surface area contributed by atoms with Crippen LogP contribution in [0.4, 0.5) is 5.69 Å². The van der Waals surface area contributed by atoms with Crippen molar-refractivity contribution >= 4 is 27.4 Å². The number of rotatable bonds is 7. The molecule has 0 aliphatic rings. The lowest BCUT2D eigenvalue weighted by Crippen LogP contribution is -2.15. The van der Waals surface area contributed by atoms with Gasteiger partial charge in [-0.05, 0) is 48.2 Å². The molecule has 7 heteroatoms. The summed E-state index contributed by atoms with van der Waals surface area (Å²) in [5.74, 6) is -1.24. The Morgan fingerprint density at radius 2 is 1.73 bits per heavy atom. The lowest BCUT2D eigenvalue weighted by Gasteiger charge is -2.11. The summed E-state index contributed by atoms with van der Waals surface area (Å²) in [5.41, 5.74) is 2.50. The first-order valence-electron chi connectivity index (χ1n) is 8.15. The van der Waals surface area contributed by atoms with Gasteiger partial charge in [0, 0.05) is 23.9 Å². The average Bonchev–Trinajstić information content (AvgIpc) is 2.59. The predicted molar refractivity (Wildman–Crippen MR) is 99.3 cm³/mol. The Balaban J connectivity index is 2.20. The molecule has 0 bridgehead atoms. The SMILES string of the molecule is CCc1ccc(S(C)(=O)=O)cc1C(=O)Nc1ccc(CCC(=O)O)cc1. The van der Waals surface area contributed by atoms with Gasteiger partial charge in [-0.2, -0.15) is 0 Å². The van der Waals surface area contributed by atoms with Crippen molar-refractivity contribution in [2.24, 2.45) is 0 Å². The third-order valence-corrected chi connectivity index (χ3v) is 5.08. The van der Waals surface area contributed by atoms with Crippen molar-refractivity contribution < 1.29 is 23.1 Å². The van der Waals surface area contributed by atoms with Gasteiger partial charge in [0.25, 0.3) is 5.91 Å². The summed E-state index contributed by atoms with van der Waals surface area (Å²) in [6.07, 6.45) is 2.16. The summed E-state index contributed by atoms with van der Waals surface area (Å²) in [6.45, 7) is 1.89. The number of aryl methyl sites for hydroxylation is 2. The van der Waals surface area contributed by atoms with Crippen LogP contribution >= 0.6 is 0 Å². The van der Waals surface area contributed by atoms with Crippen molar-refractivity contribution in [2.75, 3.05) is 11.6 Å². The summed E-state index contributed by atoms with van der Waals surface area (Å²) >= 11 is 0. The molecule has 2 N–H and O–H groups in total. The molecule has 2 rings (SSSR count). The van der Waals surface area contributed by atoms with Crippen LogP contribution in [0.5, 0.6) is 0 Å². The Bertz CT molecular complexity index is 917. The van der Waals surface area contributed by atoms with E-state index in [2.05, 4.69) is 5.32 Å². The Hall–Kier alpha value is -2.67. The van der Waals surface area contributed by atoms with E-state index in [0.29, 0.717) is 24.1 Å². The molecule has 0 aliphatic heterocycles. The number of carboxylic acids is 1. The molecule has 0 heterocycles. The fourth-order valence-electron chi connectivity index (χ4n) is 2.51. The Labute approximate surface area is 152 Å². The molecule has 1 amide bonds. The van der Waals surface area contributed by atoms with E-state index < -0.39 is 15.8 Å². The molecule has 0 fully saturated rings. The fourth-order valence-corrected chi connectivity index (χ4v) is 3.16. The van der Waals surface area contributed by atoms with Gasteiger partial charge in [0.15, 0.2) is 9.84 Å². The smallest absolute Gasteiger partial charge is 0.303 e. The number of nitrogens with one attached hydrogen (secondary N) is 1. The zero-order valence-electron chi connectivity index (χ0n) is 14.7. The van der Waals surface area contributed by atoms with Crippen LogP contribution < -0.4 is 5.32 Å². The van der Waals surface area contributed by atoms with Gasteiger partial charge in [-0.1, -0.05) is 25.1 Å². The molecule has 0 aromatic heterocycles. The summed E-state index contributed by atoms with van der Waals surface area (Å²) in [6, 6.07) is 11.5. The number of carbonyl (C=O) groups excluding carboxylic acids is 1. The molecular weight excluding hydrogens is 354 g/mol. The highest BCUT2D eigenvalue weighted by Gasteiger charge is 2.16. The van der Waals surface area contributed by atoms with Crippen LogP contribution in [0.1, 0.15) is 34.8 Å². The number of carboxylic acid groups (broad SMARTS) is 1. The summed E-state index contributed by atoms with van der Waals surface area (Å²) in [7, 11) is -3.40. The quantitative estimate of drug-likeness (QED) is 0.775. The van der Waals surface area contributed by atoms with Crippen LogP contribution in [-0.4, -0.2) is 31.7 Å². The number of hydrogen-bond donors (Lipinski definition) is 2. The molecule has 0 spiro atoms. The van der Waals surface area contributed by atoms with Crippen molar-refractivity contribution in [3.63, 3.8) is 0 Å². The van der Waals surface area contributed by atoms with Crippen molar-refractivity contribution in [2.45, 2.75) is 31.1 Å². The fraction of sp³-hybridized carbons (Fsp3) is 0.263. The first-order valence-corrected chi connectivity index (χ1v) is 10.0. The summed E-state index contributed by atoms with van der Waals surface area (Å²) in [5, 5.41) is 11.5. The molecule has 0 saturated heterocycles. The molecule has 0 unspecified atom stereocenters. The standard InChI is InChI=1S/C19H21NO5S/c1-3-14-7-10-16(26(2,24)25)12-17(14)19(23)20-15-8-4-13(5-9-15)6-11-18(21)22/h4-5,7-10,12H,3,6,11H2,1-2H3,(H,20,23)(H,21,22). The maximum atomic E-state index is 12.6. The van der Waals surface area contributed by atoms with Crippen molar-refractivity contribution in [3.05, 3.63) is 59.2 Å². The normalized spacial score (nSPS) is 11.2. The van der Waals surface area contributed by atoms with E-state index in [1.807, 2.05) is 6.92 Å². The Morgan fingerprint density at radius 1 is 1.08 bits per heavy atom. The molecule has 6 nitrogen and oxygen atoms in total. The van der Waals surface area contributed by atoms with Crippen LogP contribution in [0.25, 0.3) is 0 Å². The van der Waals surface area contributed by atoms with Crippen molar-refractivity contribution in [1.82, 2.24) is 0 Å². The van der Waals surface area contributed by atoms with Gasteiger partial charge in [-0.25, -0.2) is 8.42 Å². The molecule has 0 atom stereocenters. The molecule has 0 aliphatic carbocycles. The lowest BCUT2D eigenvalue weighted by molar-refractivity contribution is -0.136. The maximum Gasteiger partial charge on any atom is 0.303 e. The minimum atomic E-state index is -3.40.